The van der Waals surface area contributed by atoms with Gasteiger partial charge >= 0.3 is 0 Å². The van der Waals surface area contributed by atoms with Gasteiger partial charge in [0.1, 0.15) is 11.9 Å². The highest BCUT2D eigenvalue weighted by Gasteiger charge is 2.16. The fourth-order valence-corrected chi connectivity index (χ4v) is 4.07. The molecule has 0 spiro atoms. The molecule has 0 bridgehead atoms. The van der Waals surface area contributed by atoms with E-state index in [9.17, 15) is 5.26 Å². The number of hydrogen-bond acceptors (Lipinski definition) is 3. The first-order valence-corrected chi connectivity index (χ1v) is 9.66. The highest BCUT2D eigenvalue weighted by molar-refractivity contribution is 5.85. The van der Waals surface area contributed by atoms with Crippen LogP contribution in [0.4, 0.5) is 5.82 Å². The van der Waals surface area contributed by atoms with Crippen LogP contribution in [0, 0.1) is 18.3 Å². The Morgan fingerprint density at radius 1 is 1.19 bits per heavy atom. The van der Waals surface area contributed by atoms with E-state index in [0.717, 1.165) is 41.2 Å². The van der Waals surface area contributed by atoms with Crippen molar-refractivity contribution in [2.75, 3.05) is 31.5 Å². The molecule has 26 heavy (non-hydrogen) atoms. The van der Waals surface area contributed by atoms with Gasteiger partial charge in [-0.15, -0.1) is 0 Å². The van der Waals surface area contributed by atoms with Crippen LogP contribution in [0.15, 0.2) is 30.3 Å². The molecule has 4 rings (SSSR count). The minimum absolute atomic E-state index is 0.657. The summed E-state index contributed by atoms with van der Waals surface area (Å²) < 4.78 is 2.10. The summed E-state index contributed by atoms with van der Waals surface area (Å²) >= 11 is 0. The largest absolute Gasteiger partial charge is 0.365 e. The van der Waals surface area contributed by atoms with Crippen molar-refractivity contribution in [1.29, 1.82) is 5.26 Å². The zero-order chi connectivity index (χ0) is 17.9. The summed E-state index contributed by atoms with van der Waals surface area (Å²) in [5, 5.41) is 13.2. The van der Waals surface area contributed by atoms with Gasteiger partial charge in [-0.2, -0.15) is 5.26 Å². The van der Waals surface area contributed by atoms with Crippen molar-refractivity contribution in [3.05, 3.63) is 41.5 Å². The van der Waals surface area contributed by atoms with Gasteiger partial charge in [0.15, 0.2) is 5.65 Å². The summed E-state index contributed by atoms with van der Waals surface area (Å²) in [5.74, 6) is 1.03. The average Bonchev–Trinajstić information content (AvgIpc) is 2.83. The molecule has 0 atom stereocenters. The topological polar surface area (TPSA) is 57.6 Å². The van der Waals surface area contributed by atoms with Gasteiger partial charge in [0.05, 0.1) is 42.8 Å². The Labute approximate surface area is 154 Å². The van der Waals surface area contributed by atoms with Crippen LogP contribution in [0.2, 0.25) is 0 Å². The number of anilines is 1. The number of likely N-dealkylation sites (tertiary alicyclic amines) is 1. The maximum atomic E-state index is 9.58. The SMILES string of the molecule is Cc1cc(NCC[NH+]2CCCCCC2)n2c(nc3ccccc32)c1C#N. The maximum absolute atomic E-state index is 9.58. The molecule has 1 aromatic carbocycles. The molecule has 5 heteroatoms. The summed E-state index contributed by atoms with van der Waals surface area (Å²) in [6.07, 6.45) is 5.46. The smallest absolute Gasteiger partial charge is 0.157 e. The van der Waals surface area contributed by atoms with Gasteiger partial charge < -0.3 is 10.2 Å². The molecule has 0 aliphatic carbocycles. The highest BCUT2D eigenvalue weighted by Crippen LogP contribution is 2.26. The lowest BCUT2D eigenvalue weighted by Crippen LogP contribution is -3.12. The lowest BCUT2D eigenvalue weighted by atomic mass is 10.1. The molecule has 0 radical (unpaired) electrons. The number of aryl methyl sites for hydroxylation is 1. The number of quaternary nitrogens is 1. The maximum Gasteiger partial charge on any atom is 0.157 e. The molecular formula is C21H26N5+. The second-order valence-corrected chi connectivity index (χ2v) is 7.30. The third-order valence-corrected chi connectivity index (χ3v) is 5.48. The molecule has 0 unspecified atom stereocenters. The number of nitrogens with one attached hydrogen (secondary N) is 2. The quantitative estimate of drug-likeness (QED) is 0.762. The first-order chi connectivity index (χ1) is 12.8. The molecule has 1 aliphatic heterocycles. The fourth-order valence-electron chi connectivity index (χ4n) is 4.07. The molecule has 0 amide bonds. The number of imidazole rings is 1. The van der Waals surface area contributed by atoms with Crippen molar-refractivity contribution >= 4 is 22.5 Å². The monoisotopic (exact) mass is 348 g/mol. The van der Waals surface area contributed by atoms with Crippen molar-refractivity contribution in [2.24, 2.45) is 0 Å². The van der Waals surface area contributed by atoms with E-state index in [4.69, 9.17) is 4.98 Å². The number of fused-ring (bicyclic) bond motifs is 3. The van der Waals surface area contributed by atoms with E-state index in [1.54, 1.807) is 4.90 Å². The van der Waals surface area contributed by atoms with E-state index in [0.29, 0.717) is 5.56 Å². The van der Waals surface area contributed by atoms with Gasteiger partial charge in [0.2, 0.25) is 0 Å². The van der Waals surface area contributed by atoms with Crippen LogP contribution in [0.1, 0.15) is 36.8 Å². The van der Waals surface area contributed by atoms with Gasteiger partial charge in [-0.3, -0.25) is 4.40 Å². The third kappa shape index (κ3) is 3.13. The van der Waals surface area contributed by atoms with Gasteiger partial charge in [0, 0.05) is 0 Å². The molecular weight excluding hydrogens is 322 g/mol. The number of hydrogen-bond donors (Lipinski definition) is 2. The van der Waals surface area contributed by atoms with Gasteiger partial charge in [-0.25, -0.2) is 4.98 Å². The van der Waals surface area contributed by atoms with E-state index >= 15 is 0 Å². The van der Waals surface area contributed by atoms with E-state index < -0.39 is 0 Å². The predicted octanol–water partition coefficient (Wildman–Crippen LogP) is 2.54. The Morgan fingerprint density at radius 3 is 2.73 bits per heavy atom. The Bertz CT molecular complexity index is 958. The second kappa shape index (κ2) is 7.35. The van der Waals surface area contributed by atoms with Crippen molar-refractivity contribution in [2.45, 2.75) is 32.6 Å². The zero-order valence-corrected chi connectivity index (χ0v) is 15.4. The van der Waals surface area contributed by atoms with Gasteiger partial charge in [0.25, 0.3) is 0 Å². The van der Waals surface area contributed by atoms with Crippen LogP contribution < -0.4 is 10.2 Å². The summed E-state index contributed by atoms with van der Waals surface area (Å²) in [4.78, 5) is 6.41. The van der Waals surface area contributed by atoms with Crippen LogP contribution in [-0.4, -0.2) is 35.6 Å². The van der Waals surface area contributed by atoms with Crippen LogP contribution in [0.5, 0.6) is 0 Å². The molecule has 5 nitrogen and oxygen atoms in total. The number of para-hydroxylation sites is 2. The Morgan fingerprint density at radius 2 is 1.96 bits per heavy atom. The molecule has 0 saturated carbocycles. The second-order valence-electron chi connectivity index (χ2n) is 7.30. The number of benzene rings is 1. The Hall–Kier alpha value is -2.58. The van der Waals surface area contributed by atoms with Crippen LogP contribution in [0.25, 0.3) is 16.7 Å². The fraction of sp³-hybridized carbons (Fsp3) is 0.429. The highest BCUT2D eigenvalue weighted by atomic mass is 15.2. The van der Waals surface area contributed by atoms with Crippen LogP contribution in [-0.2, 0) is 0 Å². The average molecular weight is 348 g/mol. The molecule has 3 heterocycles. The van der Waals surface area contributed by atoms with E-state index in [1.165, 1.54) is 38.8 Å². The molecule has 1 aliphatic rings. The van der Waals surface area contributed by atoms with Crippen molar-refractivity contribution in [1.82, 2.24) is 9.38 Å². The standard InChI is InChI=1S/C21H25N5/c1-16-14-20(23-10-13-25-11-6-2-3-7-12-25)26-19-9-5-4-8-18(19)24-21(26)17(16)15-22/h4-5,8-9,14,23H,2-3,6-7,10-13H2,1H3/p+1. The van der Waals surface area contributed by atoms with Crippen LogP contribution >= 0.6 is 0 Å². The van der Waals surface area contributed by atoms with E-state index in [2.05, 4.69) is 27.9 Å². The normalized spacial score (nSPS) is 15.8. The molecule has 1 saturated heterocycles. The van der Waals surface area contributed by atoms with Crippen molar-refractivity contribution < 1.29 is 4.90 Å². The van der Waals surface area contributed by atoms with Gasteiger partial charge in [-0.05, 0) is 56.4 Å². The number of rotatable bonds is 4. The summed E-state index contributed by atoms with van der Waals surface area (Å²) in [5.41, 5.74) is 4.35. The molecule has 1 fully saturated rings. The first-order valence-electron chi connectivity index (χ1n) is 9.66. The number of aromatic nitrogens is 2. The molecule has 2 aromatic heterocycles. The van der Waals surface area contributed by atoms with E-state index in [1.807, 2.05) is 25.1 Å². The molecule has 3 aromatic rings. The van der Waals surface area contributed by atoms with E-state index in [-0.39, 0.29) is 0 Å². The summed E-state index contributed by atoms with van der Waals surface area (Å²) in [6, 6.07) is 12.5. The lowest BCUT2D eigenvalue weighted by molar-refractivity contribution is -0.897. The molecule has 2 N–H and O–H groups in total. The first kappa shape index (κ1) is 16.9. The van der Waals surface area contributed by atoms with Crippen molar-refractivity contribution in [3.63, 3.8) is 0 Å². The summed E-state index contributed by atoms with van der Waals surface area (Å²) in [6.45, 7) is 6.63. The number of nitriles is 1. The Kier molecular flexibility index (Phi) is 4.77. The minimum atomic E-state index is 0.657. The summed E-state index contributed by atoms with van der Waals surface area (Å²) in [7, 11) is 0. The minimum Gasteiger partial charge on any atom is -0.365 e. The lowest BCUT2D eigenvalue weighted by Gasteiger charge is -2.18. The third-order valence-electron chi connectivity index (χ3n) is 5.48. The number of pyridine rings is 1. The zero-order valence-electron chi connectivity index (χ0n) is 15.4. The van der Waals surface area contributed by atoms with Crippen LogP contribution in [0.3, 0.4) is 0 Å². The van der Waals surface area contributed by atoms with Crippen molar-refractivity contribution in [3.8, 4) is 6.07 Å². The molecule has 134 valence electrons. The van der Waals surface area contributed by atoms with Gasteiger partial charge in [-0.1, -0.05) is 12.1 Å². The number of nitrogens with zero attached hydrogens (tertiary/aromatic N) is 3. The Balaban J connectivity index is 1.65. The predicted molar refractivity (Wildman–Crippen MR) is 105 cm³/mol.